The van der Waals surface area contributed by atoms with Gasteiger partial charge in [-0.3, -0.25) is 14.4 Å². The van der Waals surface area contributed by atoms with Crippen LogP contribution in [-0.4, -0.2) is 35.7 Å². The molecule has 118 valence electrons. The molecule has 6 heteroatoms. The number of carbonyl (C=O) groups excluding carboxylic acids is 3. The molecule has 0 radical (unpaired) electrons. The van der Waals surface area contributed by atoms with E-state index < -0.39 is 0 Å². The summed E-state index contributed by atoms with van der Waals surface area (Å²) in [6.07, 6.45) is 1.25. The predicted octanol–water partition coefficient (Wildman–Crippen LogP) is 0.660. The highest BCUT2D eigenvalue weighted by atomic mass is 16.2. The van der Waals surface area contributed by atoms with E-state index in [0.29, 0.717) is 38.0 Å². The second-order valence-electron chi connectivity index (χ2n) is 5.58. The van der Waals surface area contributed by atoms with Gasteiger partial charge in [-0.25, -0.2) is 0 Å². The van der Waals surface area contributed by atoms with Gasteiger partial charge in [-0.05, 0) is 30.5 Å². The Morgan fingerprint density at radius 2 is 1.77 bits per heavy atom. The second-order valence-corrected chi connectivity index (χ2v) is 5.58. The average molecular weight is 303 g/mol. The summed E-state index contributed by atoms with van der Waals surface area (Å²) in [6.45, 7) is 3.03. The molecule has 0 unspecified atom stereocenters. The highest BCUT2D eigenvalue weighted by molar-refractivity contribution is 5.94. The van der Waals surface area contributed by atoms with Crippen LogP contribution in [-0.2, 0) is 16.1 Å². The summed E-state index contributed by atoms with van der Waals surface area (Å²) in [6, 6.07) is 7.19. The number of nitrogens with one attached hydrogen (secondary N) is 1. The summed E-state index contributed by atoms with van der Waals surface area (Å²) < 4.78 is 0. The highest BCUT2D eigenvalue weighted by Crippen LogP contribution is 2.19. The highest BCUT2D eigenvalue weighted by Gasteiger charge is 2.26. The molecule has 1 fully saturated rings. The largest absolute Gasteiger partial charge is 0.369 e. The minimum absolute atomic E-state index is 0.0333. The molecule has 0 aliphatic carbocycles. The standard InChI is InChI=1S/C16H21N3O3/c1-11(20)18-10-12-2-4-14(5-3-12)16(22)19-8-6-13(7-9-19)15(17)21/h2-5,13H,6-10H2,1H3,(H2,17,21)(H,18,20). The SMILES string of the molecule is CC(=O)NCc1ccc(C(=O)N2CCC(C(N)=O)CC2)cc1. The molecule has 0 saturated carbocycles. The molecule has 3 N–H and O–H groups in total. The van der Waals surface area contributed by atoms with Crippen molar-refractivity contribution in [3.8, 4) is 0 Å². The first-order valence-electron chi connectivity index (χ1n) is 7.39. The minimum Gasteiger partial charge on any atom is -0.369 e. The summed E-state index contributed by atoms with van der Waals surface area (Å²) in [5.41, 5.74) is 6.85. The monoisotopic (exact) mass is 303 g/mol. The Labute approximate surface area is 129 Å². The Morgan fingerprint density at radius 3 is 2.27 bits per heavy atom. The molecule has 0 spiro atoms. The number of likely N-dealkylation sites (tertiary alicyclic amines) is 1. The van der Waals surface area contributed by atoms with Gasteiger partial charge in [-0.2, -0.15) is 0 Å². The van der Waals surface area contributed by atoms with Crippen LogP contribution < -0.4 is 11.1 Å². The van der Waals surface area contributed by atoms with Gasteiger partial charge in [0.25, 0.3) is 5.91 Å². The number of primary amides is 1. The van der Waals surface area contributed by atoms with Crippen LogP contribution in [0.2, 0.25) is 0 Å². The first kappa shape index (κ1) is 16.0. The molecule has 1 aromatic rings. The van der Waals surface area contributed by atoms with Crippen molar-refractivity contribution in [3.05, 3.63) is 35.4 Å². The van der Waals surface area contributed by atoms with Crippen LogP contribution in [0, 0.1) is 5.92 Å². The number of nitrogens with zero attached hydrogens (tertiary/aromatic N) is 1. The van der Waals surface area contributed by atoms with Crippen LogP contribution >= 0.6 is 0 Å². The van der Waals surface area contributed by atoms with E-state index in [1.807, 2.05) is 12.1 Å². The average Bonchev–Trinajstić information content (AvgIpc) is 2.53. The van der Waals surface area contributed by atoms with Crippen molar-refractivity contribution in [3.63, 3.8) is 0 Å². The van der Waals surface area contributed by atoms with Crippen molar-refractivity contribution in [2.75, 3.05) is 13.1 Å². The maximum atomic E-state index is 12.4. The third-order valence-corrected chi connectivity index (χ3v) is 3.93. The third kappa shape index (κ3) is 4.07. The number of nitrogens with two attached hydrogens (primary N) is 1. The number of hydrogen-bond acceptors (Lipinski definition) is 3. The molecular formula is C16H21N3O3. The van der Waals surface area contributed by atoms with Crippen LogP contribution in [0.3, 0.4) is 0 Å². The summed E-state index contributed by atoms with van der Waals surface area (Å²) in [7, 11) is 0. The zero-order valence-electron chi connectivity index (χ0n) is 12.7. The molecule has 3 amide bonds. The smallest absolute Gasteiger partial charge is 0.253 e. The van der Waals surface area contributed by atoms with Crippen LogP contribution in [0.5, 0.6) is 0 Å². The minimum atomic E-state index is -0.283. The summed E-state index contributed by atoms with van der Waals surface area (Å²) in [5, 5.41) is 2.71. The van der Waals surface area contributed by atoms with Crippen LogP contribution in [0.1, 0.15) is 35.7 Å². The summed E-state index contributed by atoms with van der Waals surface area (Å²) >= 11 is 0. The van der Waals surface area contributed by atoms with Crippen molar-refractivity contribution >= 4 is 17.7 Å². The molecule has 1 aliphatic rings. The fourth-order valence-corrected chi connectivity index (χ4v) is 2.54. The normalized spacial score (nSPS) is 15.4. The van der Waals surface area contributed by atoms with Gasteiger partial charge in [0.2, 0.25) is 11.8 Å². The van der Waals surface area contributed by atoms with E-state index >= 15 is 0 Å². The quantitative estimate of drug-likeness (QED) is 0.856. The fraction of sp³-hybridized carbons (Fsp3) is 0.438. The maximum absolute atomic E-state index is 12.4. The van der Waals surface area contributed by atoms with Crippen molar-refractivity contribution < 1.29 is 14.4 Å². The number of carbonyl (C=O) groups is 3. The summed E-state index contributed by atoms with van der Waals surface area (Å²) in [4.78, 5) is 36.2. The van der Waals surface area contributed by atoms with Gasteiger partial charge < -0.3 is 16.0 Å². The van der Waals surface area contributed by atoms with Gasteiger partial charge in [-0.1, -0.05) is 12.1 Å². The fourth-order valence-electron chi connectivity index (χ4n) is 2.54. The molecular weight excluding hydrogens is 282 g/mol. The number of piperidine rings is 1. The van der Waals surface area contributed by atoms with Gasteiger partial charge >= 0.3 is 0 Å². The molecule has 1 aromatic carbocycles. The Balaban J connectivity index is 1.93. The topological polar surface area (TPSA) is 92.5 Å². The van der Waals surface area contributed by atoms with Gasteiger partial charge in [0.15, 0.2) is 0 Å². The lowest BCUT2D eigenvalue weighted by atomic mass is 9.96. The van der Waals surface area contributed by atoms with E-state index in [1.165, 1.54) is 6.92 Å². The third-order valence-electron chi connectivity index (χ3n) is 3.93. The number of amides is 3. The van der Waals surface area contributed by atoms with E-state index in [0.717, 1.165) is 5.56 Å². The first-order chi connectivity index (χ1) is 10.5. The Kier molecular flexibility index (Phi) is 5.14. The molecule has 1 aliphatic heterocycles. The van der Waals surface area contributed by atoms with Crippen molar-refractivity contribution in [2.24, 2.45) is 11.7 Å². The molecule has 1 saturated heterocycles. The molecule has 0 bridgehead atoms. The van der Waals surface area contributed by atoms with Gasteiger partial charge in [0, 0.05) is 38.0 Å². The van der Waals surface area contributed by atoms with Gasteiger partial charge in [0.05, 0.1) is 0 Å². The molecule has 6 nitrogen and oxygen atoms in total. The molecule has 22 heavy (non-hydrogen) atoms. The zero-order chi connectivity index (χ0) is 16.1. The maximum Gasteiger partial charge on any atom is 0.253 e. The van der Waals surface area contributed by atoms with E-state index in [4.69, 9.17) is 5.73 Å². The number of hydrogen-bond donors (Lipinski definition) is 2. The van der Waals surface area contributed by atoms with Crippen molar-refractivity contribution in [1.82, 2.24) is 10.2 Å². The van der Waals surface area contributed by atoms with E-state index in [-0.39, 0.29) is 23.6 Å². The first-order valence-corrected chi connectivity index (χ1v) is 7.39. The van der Waals surface area contributed by atoms with Crippen molar-refractivity contribution in [1.29, 1.82) is 0 Å². The van der Waals surface area contributed by atoms with Crippen LogP contribution in [0.4, 0.5) is 0 Å². The lowest BCUT2D eigenvalue weighted by Gasteiger charge is -2.30. The Bertz CT molecular complexity index is 561. The zero-order valence-corrected chi connectivity index (χ0v) is 12.7. The number of rotatable bonds is 4. The van der Waals surface area contributed by atoms with E-state index in [1.54, 1.807) is 17.0 Å². The van der Waals surface area contributed by atoms with E-state index in [2.05, 4.69) is 5.32 Å². The summed E-state index contributed by atoms with van der Waals surface area (Å²) in [5.74, 6) is -0.523. The van der Waals surface area contributed by atoms with E-state index in [9.17, 15) is 14.4 Å². The Hall–Kier alpha value is -2.37. The lowest BCUT2D eigenvalue weighted by Crippen LogP contribution is -2.41. The van der Waals surface area contributed by atoms with Crippen molar-refractivity contribution in [2.45, 2.75) is 26.3 Å². The van der Waals surface area contributed by atoms with Crippen LogP contribution in [0.15, 0.2) is 24.3 Å². The van der Waals surface area contributed by atoms with Gasteiger partial charge in [0.1, 0.15) is 0 Å². The molecule has 0 aromatic heterocycles. The molecule has 1 heterocycles. The predicted molar refractivity (Wildman–Crippen MR) is 81.8 cm³/mol. The Morgan fingerprint density at radius 1 is 1.18 bits per heavy atom. The van der Waals surface area contributed by atoms with Crippen LogP contribution in [0.25, 0.3) is 0 Å². The number of benzene rings is 1. The molecule has 0 atom stereocenters. The van der Waals surface area contributed by atoms with Gasteiger partial charge in [-0.15, -0.1) is 0 Å². The second kappa shape index (κ2) is 7.06. The lowest BCUT2D eigenvalue weighted by molar-refractivity contribution is -0.123. The molecule has 2 rings (SSSR count).